The molecule has 0 spiro atoms. The summed E-state index contributed by atoms with van der Waals surface area (Å²) in [7, 11) is 0. The van der Waals surface area contributed by atoms with Crippen LogP contribution in [0.5, 0.6) is 11.5 Å². The fraction of sp³-hybridized carbons (Fsp3) is 0.0625. The molecule has 0 aliphatic heterocycles. The highest BCUT2D eigenvalue weighted by Gasteiger charge is 2.04. The minimum atomic E-state index is 0.781. The van der Waals surface area contributed by atoms with E-state index in [1.807, 2.05) is 55.5 Å². The quantitative estimate of drug-likeness (QED) is 0.656. The van der Waals surface area contributed by atoms with E-state index in [0.717, 1.165) is 26.9 Å². The van der Waals surface area contributed by atoms with Gasteiger partial charge in [-0.3, -0.25) is 4.98 Å². The Hall–Kier alpha value is -1.87. The normalized spacial score (nSPS) is 10.6. The van der Waals surface area contributed by atoms with E-state index < -0.39 is 0 Å². The number of halogens is 1. The number of ether oxygens (including phenoxy) is 1. The topological polar surface area (TPSA) is 22.1 Å². The fourth-order valence-corrected chi connectivity index (χ4v) is 2.55. The molecule has 94 valence electrons. The molecule has 0 saturated carbocycles. The van der Waals surface area contributed by atoms with Crippen molar-refractivity contribution in [3.05, 3.63) is 64.8 Å². The van der Waals surface area contributed by atoms with Crippen LogP contribution in [0.4, 0.5) is 0 Å². The number of fused-ring (bicyclic) bond motifs is 1. The first-order chi connectivity index (χ1) is 9.22. The molecule has 0 aliphatic rings. The Bertz CT molecular complexity index is 740. The van der Waals surface area contributed by atoms with Crippen LogP contribution in [0.3, 0.4) is 0 Å². The largest absolute Gasteiger partial charge is 0.457 e. The Morgan fingerprint density at radius 2 is 1.89 bits per heavy atom. The smallest absolute Gasteiger partial charge is 0.130 e. The van der Waals surface area contributed by atoms with Gasteiger partial charge in [-0.25, -0.2) is 0 Å². The maximum Gasteiger partial charge on any atom is 0.130 e. The SMILES string of the molecule is Cc1cccc(Oc2cc(Br)c3cccnc3c2)c1. The van der Waals surface area contributed by atoms with Crippen LogP contribution in [-0.4, -0.2) is 4.98 Å². The van der Waals surface area contributed by atoms with E-state index in [-0.39, 0.29) is 0 Å². The number of rotatable bonds is 2. The maximum absolute atomic E-state index is 5.88. The molecule has 0 unspecified atom stereocenters. The second-order valence-corrected chi connectivity index (χ2v) is 5.25. The van der Waals surface area contributed by atoms with Crippen LogP contribution >= 0.6 is 15.9 Å². The van der Waals surface area contributed by atoms with Crippen LogP contribution < -0.4 is 4.74 Å². The minimum Gasteiger partial charge on any atom is -0.457 e. The van der Waals surface area contributed by atoms with Crippen molar-refractivity contribution in [2.45, 2.75) is 6.92 Å². The van der Waals surface area contributed by atoms with Crippen molar-refractivity contribution in [3.8, 4) is 11.5 Å². The zero-order valence-electron chi connectivity index (χ0n) is 10.4. The monoisotopic (exact) mass is 313 g/mol. The summed E-state index contributed by atoms with van der Waals surface area (Å²) in [6.07, 6.45) is 1.78. The van der Waals surface area contributed by atoms with Gasteiger partial charge in [0.2, 0.25) is 0 Å². The van der Waals surface area contributed by atoms with E-state index in [2.05, 4.69) is 20.9 Å². The van der Waals surface area contributed by atoms with Gasteiger partial charge >= 0.3 is 0 Å². The van der Waals surface area contributed by atoms with Gasteiger partial charge in [-0.05, 0) is 52.7 Å². The third kappa shape index (κ3) is 2.61. The zero-order valence-corrected chi connectivity index (χ0v) is 12.0. The summed E-state index contributed by atoms with van der Waals surface area (Å²) < 4.78 is 6.86. The molecule has 3 rings (SSSR count). The number of hydrogen-bond donors (Lipinski definition) is 0. The molecule has 3 heteroatoms. The Morgan fingerprint density at radius 1 is 1.00 bits per heavy atom. The number of pyridine rings is 1. The maximum atomic E-state index is 5.88. The highest BCUT2D eigenvalue weighted by Crippen LogP contribution is 2.31. The van der Waals surface area contributed by atoms with Crippen LogP contribution in [0.25, 0.3) is 10.9 Å². The molecule has 0 saturated heterocycles. The van der Waals surface area contributed by atoms with E-state index in [4.69, 9.17) is 4.74 Å². The lowest BCUT2D eigenvalue weighted by atomic mass is 10.2. The van der Waals surface area contributed by atoms with Gasteiger partial charge in [-0.15, -0.1) is 0 Å². The number of hydrogen-bond acceptors (Lipinski definition) is 2. The van der Waals surface area contributed by atoms with Gasteiger partial charge < -0.3 is 4.74 Å². The molecule has 0 fully saturated rings. The predicted molar refractivity (Wildman–Crippen MR) is 80.7 cm³/mol. The number of aromatic nitrogens is 1. The van der Waals surface area contributed by atoms with Crippen molar-refractivity contribution < 1.29 is 4.74 Å². The summed E-state index contributed by atoms with van der Waals surface area (Å²) in [5.74, 6) is 1.62. The molecule has 3 aromatic rings. The van der Waals surface area contributed by atoms with Crippen molar-refractivity contribution in [1.29, 1.82) is 0 Å². The summed E-state index contributed by atoms with van der Waals surface area (Å²) in [5.41, 5.74) is 2.09. The van der Waals surface area contributed by atoms with E-state index in [0.29, 0.717) is 0 Å². The Morgan fingerprint density at radius 3 is 2.74 bits per heavy atom. The number of aryl methyl sites for hydroxylation is 1. The molecule has 0 atom stereocenters. The fourth-order valence-electron chi connectivity index (χ4n) is 1.99. The van der Waals surface area contributed by atoms with Crippen LogP contribution in [0, 0.1) is 6.92 Å². The summed E-state index contributed by atoms with van der Waals surface area (Å²) in [5, 5.41) is 1.08. The molecule has 0 aliphatic carbocycles. The predicted octanol–water partition coefficient (Wildman–Crippen LogP) is 5.10. The summed E-state index contributed by atoms with van der Waals surface area (Å²) in [6, 6.07) is 15.9. The lowest BCUT2D eigenvalue weighted by Crippen LogP contribution is -1.87. The van der Waals surface area contributed by atoms with Gasteiger partial charge in [-0.1, -0.05) is 18.2 Å². The van der Waals surface area contributed by atoms with Gasteiger partial charge in [0.25, 0.3) is 0 Å². The first kappa shape index (κ1) is 12.2. The highest BCUT2D eigenvalue weighted by molar-refractivity contribution is 9.10. The molecule has 2 nitrogen and oxygen atoms in total. The van der Waals surface area contributed by atoms with Crippen molar-refractivity contribution in [3.63, 3.8) is 0 Å². The molecule has 19 heavy (non-hydrogen) atoms. The molecule has 0 N–H and O–H groups in total. The third-order valence-corrected chi connectivity index (χ3v) is 3.53. The first-order valence-corrected chi connectivity index (χ1v) is 6.80. The van der Waals surface area contributed by atoms with Crippen molar-refractivity contribution in [2.75, 3.05) is 0 Å². The summed E-state index contributed by atoms with van der Waals surface area (Å²) in [6.45, 7) is 2.05. The summed E-state index contributed by atoms with van der Waals surface area (Å²) >= 11 is 3.56. The average molecular weight is 314 g/mol. The first-order valence-electron chi connectivity index (χ1n) is 6.01. The molecule has 1 aromatic heterocycles. The molecule has 2 aromatic carbocycles. The average Bonchev–Trinajstić information content (AvgIpc) is 2.39. The van der Waals surface area contributed by atoms with Crippen molar-refractivity contribution >= 4 is 26.8 Å². The number of benzene rings is 2. The second-order valence-electron chi connectivity index (χ2n) is 4.39. The zero-order chi connectivity index (χ0) is 13.2. The van der Waals surface area contributed by atoms with Gasteiger partial charge in [0.05, 0.1) is 5.52 Å². The molecular formula is C16H12BrNO. The van der Waals surface area contributed by atoms with E-state index >= 15 is 0 Å². The van der Waals surface area contributed by atoms with Gasteiger partial charge in [0, 0.05) is 22.1 Å². The second kappa shape index (κ2) is 5.02. The van der Waals surface area contributed by atoms with Gasteiger partial charge in [-0.2, -0.15) is 0 Å². The highest BCUT2D eigenvalue weighted by atomic mass is 79.9. The Balaban J connectivity index is 2.02. The van der Waals surface area contributed by atoms with Gasteiger partial charge in [0.15, 0.2) is 0 Å². The lowest BCUT2D eigenvalue weighted by Gasteiger charge is -2.08. The van der Waals surface area contributed by atoms with Crippen LogP contribution in [0.2, 0.25) is 0 Å². The standard InChI is InChI=1S/C16H12BrNO/c1-11-4-2-5-12(8-11)19-13-9-15(17)14-6-3-7-18-16(14)10-13/h2-10H,1H3. The van der Waals surface area contributed by atoms with E-state index in [9.17, 15) is 0 Å². The van der Waals surface area contributed by atoms with Crippen molar-refractivity contribution in [2.24, 2.45) is 0 Å². The van der Waals surface area contributed by atoms with Gasteiger partial charge in [0.1, 0.15) is 11.5 Å². The summed E-state index contributed by atoms with van der Waals surface area (Å²) in [4.78, 5) is 4.35. The Labute approximate surface area is 120 Å². The van der Waals surface area contributed by atoms with Crippen LogP contribution in [0.1, 0.15) is 5.56 Å². The lowest BCUT2D eigenvalue weighted by molar-refractivity contribution is 0.482. The molecule has 1 heterocycles. The number of nitrogens with zero attached hydrogens (tertiary/aromatic N) is 1. The molecular weight excluding hydrogens is 302 g/mol. The van der Waals surface area contributed by atoms with E-state index in [1.54, 1.807) is 6.20 Å². The van der Waals surface area contributed by atoms with Crippen LogP contribution in [-0.2, 0) is 0 Å². The molecule has 0 bridgehead atoms. The van der Waals surface area contributed by atoms with Crippen LogP contribution in [0.15, 0.2) is 59.2 Å². The van der Waals surface area contributed by atoms with E-state index in [1.165, 1.54) is 5.56 Å². The molecule has 0 radical (unpaired) electrons. The Kier molecular flexibility index (Phi) is 3.22. The van der Waals surface area contributed by atoms with Crippen molar-refractivity contribution in [1.82, 2.24) is 4.98 Å². The minimum absolute atomic E-state index is 0.781. The third-order valence-electron chi connectivity index (χ3n) is 2.87. The molecule has 0 amide bonds.